The average Bonchev–Trinajstić information content (AvgIpc) is 2.59. The fourth-order valence-corrected chi connectivity index (χ4v) is 3.00. The van der Waals surface area contributed by atoms with Crippen LogP contribution in [0.3, 0.4) is 0 Å². The average molecular weight is 317 g/mol. The van der Waals surface area contributed by atoms with Gasteiger partial charge in [0.1, 0.15) is 0 Å². The number of nitrogens with one attached hydrogen (secondary N) is 1. The number of halogens is 2. The predicted octanol–water partition coefficient (Wildman–Crippen LogP) is 4.91. The van der Waals surface area contributed by atoms with Crippen LogP contribution in [0.25, 0.3) is 0 Å². The molecule has 0 spiro atoms. The van der Waals surface area contributed by atoms with Gasteiger partial charge in [-0.15, -0.1) is 0 Å². The van der Waals surface area contributed by atoms with Crippen LogP contribution in [0.5, 0.6) is 0 Å². The molecule has 0 atom stereocenters. The molecule has 0 aromatic heterocycles. The second kappa shape index (κ2) is 6.77. The van der Waals surface area contributed by atoms with Crippen molar-refractivity contribution < 1.29 is 0 Å². The Morgan fingerprint density at radius 2 is 1.88 bits per heavy atom. The van der Waals surface area contributed by atoms with E-state index in [-0.39, 0.29) is 0 Å². The summed E-state index contributed by atoms with van der Waals surface area (Å²) in [6, 6.07) is 6.66. The van der Waals surface area contributed by atoms with E-state index >= 15 is 0 Å². The Labute approximate surface area is 117 Å². The van der Waals surface area contributed by atoms with Crippen LogP contribution < -0.4 is 5.32 Å². The van der Waals surface area contributed by atoms with Crippen LogP contribution in [0, 0.1) is 0 Å². The minimum Gasteiger partial charge on any atom is -0.310 e. The summed E-state index contributed by atoms with van der Waals surface area (Å²) in [5.41, 5.74) is 1.25. The summed E-state index contributed by atoms with van der Waals surface area (Å²) in [7, 11) is 0. The van der Waals surface area contributed by atoms with Crippen molar-refractivity contribution in [1.82, 2.24) is 5.32 Å². The molecular weight excluding hydrogens is 298 g/mol. The van der Waals surface area contributed by atoms with Gasteiger partial charge in [-0.05, 0) is 36.6 Å². The topological polar surface area (TPSA) is 12.0 Å². The highest BCUT2D eigenvalue weighted by Crippen LogP contribution is 2.22. The second-order valence-electron chi connectivity index (χ2n) is 4.81. The molecule has 0 unspecified atom stereocenters. The molecule has 17 heavy (non-hydrogen) atoms. The van der Waals surface area contributed by atoms with Gasteiger partial charge in [-0.2, -0.15) is 0 Å². The van der Waals surface area contributed by atoms with E-state index in [0.29, 0.717) is 6.04 Å². The van der Waals surface area contributed by atoms with Crippen LogP contribution in [0.4, 0.5) is 0 Å². The smallest absolute Gasteiger partial charge is 0.0410 e. The van der Waals surface area contributed by atoms with E-state index in [0.717, 1.165) is 16.0 Å². The molecule has 94 valence electrons. The summed E-state index contributed by atoms with van der Waals surface area (Å²) in [6.07, 6.45) is 8.18. The molecule has 0 bridgehead atoms. The van der Waals surface area contributed by atoms with E-state index in [2.05, 4.69) is 21.2 Å². The van der Waals surface area contributed by atoms with Gasteiger partial charge >= 0.3 is 0 Å². The van der Waals surface area contributed by atoms with E-state index in [4.69, 9.17) is 11.6 Å². The summed E-state index contributed by atoms with van der Waals surface area (Å²) >= 11 is 9.59. The van der Waals surface area contributed by atoms with Crippen molar-refractivity contribution in [3.63, 3.8) is 0 Å². The van der Waals surface area contributed by atoms with Gasteiger partial charge < -0.3 is 5.32 Å². The van der Waals surface area contributed by atoms with E-state index in [1.54, 1.807) is 0 Å². The molecule has 1 fully saturated rings. The normalized spacial score (nSPS) is 18.0. The number of hydrogen-bond donors (Lipinski definition) is 1. The maximum atomic E-state index is 6.02. The van der Waals surface area contributed by atoms with E-state index in [1.165, 1.54) is 44.1 Å². The van der Waals surface area contributed by atoms with Gasteiger partial charge in [0.2, 0.25) is 0 Å². The Balaban J connectivity index is 1.89. The van der Waals surface area contributed by atoms with Crippen molar-refractivity contribution in [2.45, 2.75) is 51.1 Å². The summed E-state index contributed by atoms with van der Waals surface area (Å²) in [5.74, 6) is 0. The van der Waals surface area contributed by atoms with E-state index in [1.807, 2.05) is 18.2 Å². The van der Waals surface area contributed by atoms with Gasteiger partial charge in [0.25, 0.3) is 0 Å². The summed E-state index contributed by atoms with van der Waals surface area (Å²) in [6.45, 7) is 0.909. The summed E-state index contributed by atoms with van der Waals surface area (Å²) in [4.78, 5) is 0. The fraction of sp³-hybridized carbons (Fsp3) is 0.571. The Kier molecular flexibility index (Phi) is 5.33. The summed E-state index contributed by atoms with van der Waals surface area (Å²) < 4.78 is 1.14. The van der Waals surface area contributed by atoms with Crippen molar-refractivity contribution in [3.05, 3.63) is 33.3 Å². The molecule has 0 aliphatic heterocycles. The van der Waals surface area contributed by atoms with Crippen LogP contribution >= 0.6 is 27.5 Å². The Hall–Kier alpha value is -0.0500. The molecule has 0 amide bonds. The third-order valence-corrected chi connectivity index (χ3v) is 4.45. The first-order chi connectivity index (χ1) is 8.25. The van der Waals surface area contributed by atoms with Gasteiger partial charge in [-0.1, -0.05) is 53.2 Å². The maximum Gasteiger partial charge on any atom is 0.0410 e. The third-order valence-electron chi connectivity index (χ3n) is 3.44. The number of hydrogen-bond acceptors (Lipinski definition) is 1. The first kappa shape index (κ1) is 13.4. The molecule has 0 heterocycles. The standard InChI is InChI=1S/C14H19BrClN/c15-14-8-7-12(16)9-11(14)10-17-13-5-3-1-2-4-6-13/h7-9,13,17H,1-6,10H2. The highest BCUT2D eigenvalue weighted by molar-refractivity contribution is 9.10. The molecule has 0 radical (unpaired) electrons. The third kappa shape index (κ3) is 4.27. The lowest BCUT2D eigenvalue weighted by atomic mass is 10.1. The second-order valence-corrected chi connectivity index (χ2v) is 6.10. The van der Waals surface area contributed by atoms with Crippen LogP contribution in [0.1, 0.15) is 44.1 Å². The van der Waals surface area contributed by atoms with Crippen LogP contribution in [0.2, 0.25) is 5.02 Å². The van der Waals surface area contributed by atoms with Gasteiger partial charge in [0.05, 0.1) is 0 Å². The van der Waals surface area contributed by atoms with Crippen molar-refractivity contribution >= 4 is 27.5 Å². The van der Waals surface area contributed by atoms with Crippen LogP contribution in [-0.2, 0) is 6.54 Å². The van der Waals surface area contributed by atoms with Crippen LogP contribution in [0.15, 0.2) is 22.7 Å². The summed E-state index contributed by atoms with van der Waals surface area (Å²) in [5, 5.41) is 4.47. The lowest BCUT2D eigenvalue weighted by Crippen LogP contribution is -2.27. The molecule has 0 saturated heterocycles. The number of rotatable bonds is 3. The van der Waals surface area contributed by atoms with Gasteiger partial charge in [-0.3, -0.25) is 0 Å². The molecule has 2 rings (SSSR count). The van der Waals surface area contributed by atoms with E-state index in [9.17, 15) is 0 Å². The highest BCUT2D eigenvalue weighted by atomic mass is 79.9. The van der Waals surface area contributed by atoms with E-state index < -0.39 is 0 Å². The van der Waals surface area contributed by atoms with Gasteiger partial charge in [0, 0.05) is 22.1 Å². The molecule has 3 heteroatoms. The molecular formula is C14H19BrClN. The molecule has 1 aromatic carbocycles. The zero-order valence-corrected chi connectivity index (χ0v) is 12.4. The first-order valence-corrected chi connectivity index (χ1v) is 7.60. The Bertz CT molecular complexity index is 359. The first-order valence-electron chi connectivity index (χ1n) is 6.43. The monoisotopic (exact) mass is 315 g/mol. The minimum absolute atomic E-state index is 0.684. The van der Waals surface area contributed by atoms with Crippen molar-refractivity contribution in [2.75, 3.05) is 0 Å². The molecule has 1 aromatic rings. The lowest BCUT2D eigenvalue weighted by molar-refractivity contribution is 0.459. The highest BCUT2D eigenvalue weighted by Gasteiger charge is 2.12. The predicted molar refractivity (Wildman–Crippen MR) is 77.5 cm³/mol. The largest absolute Gasteiger partial charge is 0.310 e. The molecule has 1 saturated carbocycles. The van der Waals surface area contributed by atoms with Crippen molar-refractivity contribution in [1.29, 1.82) is 0 Å². The SMILES string of the molecule is Clc1ccc(Br)c(CNC2CCCCCC2)c1. The molecule has 1 aliphatic carbocycles. The molecule has 1 nitrogen and oxygen atoms in total. The quantitative estimate of drug-likeness (QED) is 0.781. The minimum atomic E-state index is 0.684. The molecule has 1 N–H and O–H groups in total. The lowest BCUT2D eigenvalue weighted by Gasteiger charge is -2.16. The van der Waals surface area contributed by atoms with Crippen molar-refractivity contribution in [3.8, 4) is 0 Å². The maximum absolute atomic E-state index is 6.02. The molecule has 1 aliphatic rings. The zero-order chi connectivity index (χ0) is 12.1. The number of benzene rings is 1. The van der Waals surface area contributed by atoms with Gasteiger partial charge in [-0.25, -0.2) is 0 Å². The fourth-order valence-electron chi connectivity index (χ4n) is 2.42. The van der Waals surface area contributed by atoms with Crippen LogP contribution in [-0.4, -0.2) is 6.04 Å². The van der Waals surface area contributed by atoms with Gasteiger partial charge in [0.15, 0.2) is 0 Å². The zero-order valence-electron chi connectivity index (χ0n) is 10.0. The Morgan fingerprint density at radius 1 is 1.18 bits per heavy atom. The van der Waals surface area contributed by atoms with Crippen molar-refractivity contribution in [2.24, 2.45) is 0 Å². The Morgan fingerprint density at radius 3 is 2.59 bits per heavy atom.